The standard InChI is InChI=1S/C9H19BN2O2/c13-10(14)4-1-2-9-3-5-12-8(9)6-11-7-9/h8,11-14H,1-7H2/t8-,9+/m0/s1. The summed E-state index contributed by atoms with van der Waals surface area (Å²) in [4.78, 5) is 0. The summed E-state index contributed by atoms with van der Waals surface area (Å²) in [6.45, 7) is 3.28. The number of hydrogen-bond donors (Lipinski definition) is 4. The van der Waals surface area contributed by atoms with Gasteiger partial charge in [0.1, 0.15) is 0 Å². The highest BCUT2D eigenvalue weighted by atomic mass is 16.4. The average molecular weight is 198 g/mol. The van der Waals surface area contributed by atoms with Crippen LogP contribution in [0.15, 0.2) is 0 Å². The molecule has 2 heterocycles. The van der Waals surface area contributed by atoms with E-state index in [9.17, 15) is 0 Å². The summed E-state index contributed by atoms with van der Waals surface area (Å²) in [7, 11) is -1.13. The summed E-state index contributed by atoms with van der Waals surface area (Å²) in [6.07, 6.45) is 3.76. The molecule has 0 amide bonds. The van der Waals surface area contributed by atoms with E-state index < -0.39 is 7.12 Å². The highest BCUT2D eigenvalue weighted by Gasteiger charge is 2.45. The molecule has 0 aliphatic carbocycles. The Balaban J connectivity index is 1.82. The quantitative estimate of drug-likeness (QED) is 0.446. The predicted octanol–water partition coefficient (Wildman–Crippen LogP) is -0.809. The number of rotatable bonds is 4. The van der Waals surface area contributed by atoms with Gasteiger partial charge in [-0.2, -0.15) is 0 Å². The van der Waals surface area contributed by atoms with Crippen molar-refractivity contribution in [2.24, 2.45) is 5.41 Å². The van der Waals surface area contributed by atoms with Gasteiger partial charge in [-0.15, -0.1) is 0 Å². The molecule has 80 valence electrons. The smallest absolute Gasteiger partial charge is 0.427 e. The molecule has 4 nitrogen and oxygen atoms in total. The first-order valence-electron chi connectivity index (χ1n) is 5.53. The minimum Gasteiger partial charge on any atom is -0.427 e. The van der Waals surface area contributed by atoms with Crippen LogP contribution in [0.3, 0.4) is 0 Å². The van der Waals surface area contributed by atoms with E-state index in [2.05, 4.69) is 10.6 Å². The van der Waals surface area contributed by atoms with Gasteiger partial charge in [-0.25, -0.2) is 0 Å². The van der Waals surface area contributed by atoms with E-state index in [1.54, 1.807) is 0 Å². The number of hydrogen-bond acceptors (Lipinski definition) is 4. The molecule has 2 saturated heterocycles. The molecule has 0 aromatic carbocycles. The van der Waals surface area contributed by atoms with Crippen LogP contribution in [0.4, 0.5) is 0 Å². The molecule has 0 aromatic heterocycles. The first-order chi connectivity index (χ1) is 6.73. The predicted molar refractivity (Wildman–Crippen MR) is 55.9 cm³/mol. The van der Waals surface area contributed by atoms with E-state index in [1.165, 1.54) is 6.42 Å². The van der Waals surface area contributed by atoms with Crippen LogP contribution in [0.2, 0.25) is 6.32 Å². The molecule has 0 spiro atoms. The van der Waals surface area contributed by atoms with Gasteiger partial charge in [-0.1, -0.05) is 6.42 Å². The molecule has 14 heavy (non-hydrogen) atoms. The van der Waals surface area contributed by atoms with Gasteiger partial charge in [0.15, 0.2) is 0 Å². The van der Waals surface area contributed by atoms with Gasteiger partial charge in [0.05, 0.1) is 0 Å². The zero-order valence-corrected chi connectivity index (χ0v) is 8.50. The van der Waals surface area contributed by atoms with Crippen molar-refractivity contribution in [3.63, 3.8) is 0 Å². The van der Waals surface area contributed by atoms with E-state index in [0.29, 0.717) is 17.8 Å². The first kappa shape index (κ1) is 10.4. The molecule has 4 N–H and O–H groups in total. The van der Waals surface area contributed by atoms with Gasteiger partial charge < -0.3 is 20.7 Å². The Morgan fingerprint density at radius 1 is 1.43 bits per heavy atom. The van der Waals surface area contributed by atoms with Crippen LogP contribution < -0.4 is 10.6 Å². The zero-order chi connectivity index (χ0) is 10.0. The fraction of sp³-hybridized carbons (Fsp3) is 1.00. The van der Waals surface area contributed by atoms with Crippen molar-refractivity contribution in [1.82, 2.24) is 10.6 Å². The van der Waals surface area contributed by atoms with Crippen LogP contribution in [0.25, 0.3) is 0 Å². The fourth-order valence-corrected chi connectivity index (χ4v) is 2.88. The SMILES string of the molecule is OB(O)CCC[C@]12CCN[C@H]1CNC2. The molecule has 2 aliphatic heterocycles. The lowest BCUT2D eigenvalue weighted by atomic mass is 9.74. The van der Waals surface area contributed by atoms with Gasteiger partial charge in [-0.05, 0) is 25.7 Å². The molecule has 0 radical (unpaired) electrons. The van der Waals surface area contributed by atoms with Crippen LogP contribution in [-0.4, -0.2) is 42.8 Å². The summed E-state index contributed by atoms with van der Waals surface area (Å²) in [5, 5.41) is 24.5. The third-order valence-corrected chi connectivity index (χ3v) is 3.72. The second kappa shape index (κ2) is 4.19. The molecular weight excluding hydrogens is 179 g/mol. The largest absolute Gasteiger partial charge is 0.451 e. The van der Waals surface area contributed by atoms with Crippen molar-refractivity contribution in [2.75, 3.05) is 19.6 Å². The minimum absolute atomic E-state index is 0.398. The maximum atomic E-state index is 8.79. The van der Waals surface area contributed by atoms with Crippen LogP contribution in [0.5, 0.6) is 0 Å². The molecule has 0 bridgehead atoms. The van der Waals surface area contributed by atoms with Crippen LogP contribution in [-0.2, 0) is 0 Å². The van der Waals surface area contributed by atoms with Crippen molar-refractivity contribution in [3.8, 4) is 0 Å². The van der Waals surface area contributed by atoms with Gasteiger partial charge in [0.2, 0.25) is 0 Å². The van der Waals surface area contributed by atoms with E-state index in [1.807, 2.05) is 0 Å². The molecular formula is C9H19BN2O2. The lowest BCUT2D eigenvalue weighted by Crippen LogP contribution is -2.35. The summed E-state index contributed by atoms with van der Waals surface area (Å²) in [5.41, 5.74) is 0.398. The van der Waals surface area contributed by atoms with E-state index in [-0.39, 0.29) is 0 Å². The van der Waals surface area contributed by atoms with Gasteiger partial charge in [0.25, 0.3) is 0 Å². The Kier molecular flexibility index (Phi) is 3.12. The first-order valence-corrected chi connectivity index (χ1v) is 5.53. The van der Waals surface area contributed by atoms with Crippen molar-refractivity contribution in [3.05, 3.63) is 0 Å². The van der Waals surface area contributed by atoms with Crippen molar-refractivity contribution in [2.45, 2.75) is 31.6 Å². The Bertz CT molecular complexity index is 191. The second-order valence-corrected chi connectivity index (χ2v) is 4.62. The van der Waals surface area contributed by atoms with Crippen molar-refractivity contribution in [1.29, 1.82) is 0 Å². The molecule has 5 heteroatoms. The summed E-state index contributed by atoms with van der Waals surface area (Å²) < 4.78 is 0. The second-order valence-electron chi connectivity index (χ2n) is 4.62. The third kappa shape index (κ3) is 1.96. The number of fused-ring (bicyclic) bond motifs is 1. The Morgan fingerprint density at radius 2 is 2.29 bits per heavy atom. The maximum Gasteiger partial charge on any atom is 0.451 e. The Labute approximate surface area is 85.2 Å². The lowest BCUT2D eigenvalue weighted by Gasteiger charge is -2.27. The van der Waals surface area contributed by atoms with Crippen molar-refractivity contribution < 1.29 is 10.0 Å². The topological polar surface area (TPSA) is 64.5 Å². The van der Waals surface area contributed by atoms with Crippen molar-refractivity contribution >= 4 is 7.12 Å². The summed E-state index contributed by atoms with van der Waals surface area (Å²) in [6, 6.07) is 0.610. The van der Waals surface area contributed by atoms with Crippen LogP contribution in [0.1, 0.15) is 19.3 Å². The van der Waals surface area contributed by atoms with E-state index in [0.717, 1.165) is 32.5 Å². The number of nitrogens with one attached hydrogen (secondary N) is 2. The fourth-order valence-electron chi connectivity index (χ4n) is 2.88. The molecule has 2 aliphatic rings. The lowest BCUT2D eigenvalue weighted by molar-refractivity contribution is 0.280. The Morgan fingerprint density at radius 3 is 3.07 bits per heavy atom. The highest BCUT2D eigenvalue weighted by molar-refractivity contribution is 6.40. The van der Waals surface area contributed by atoms with E-state index in [4.69, 9.17) is 10.0 Å². The summed E-state index contributed by atoms with van der Waals surface area (Å²) in [5.74, 6) is 0. The van der Waals surface area contributed by atoms with Gasteiger partial charge >= 0.3 is 7.12 Å². The van der Waals surface area contributed by atoms with E-state index >= 15 is 0 Å². The monoisotopic (exact) mass is 198 g/mol. The molecule has 0 unspecified atom stereocenters. The molecule has 2 atom stereocenters. The zero-order valence-electron chi connectivity index (χ0n) is 8.50. The molecule has 2 rings (SSSR count). The summed E-state index contributed by atoms with van der Waals surface area (Å²) >= 11 is 0. The molecule has 2 fully saturated rings. The van der Waals surface area contributed by atoms with Gasteiger partial charge in [0, 0.05) is 24.5 Å². The average Bonchev–Trinajstić information content (AvgIpc) is 2.61. The minimum atomic E-state index is -1.13. The molecule has 0 saturated carbocycles. The highest BCUT2D eigenvalue weighted by Crippen LogP contribution is 2.38. The third-order valence-electron chi connectivity index (χ3n) is 3.72. The van der Waals surface area contributed by atoms with Crippen LogP contribution >= 0.6 is 0 Å². The van der Waals surface area contributed by atoms with Crippen LogP contribution in [0, 0.1) is 5.41 Å². The molecule has 0 aromatic rings. The normalized spacial score (nSPS) is 36.0. The maximum absolute atomic E-state index is 8.79. The Hall–Kier alpha value is -0.0951. The van der Waals surface area contributed by atoms with Gasteiger partial charge in [-0.3, -0.25) is 0 Å².